The van der Waals surface area contributed by atoms with Crippen LogP contribution in [0, 0.1) is 0 Å². The number of rotatable bonds is 3. The molecule has 2 rings (SSSR count). The van der Waals surface area contributed by atoms with Gasteiger partial charge in [0.1, 0.15) is 5.75 Å². The number of amides is 1. The van der Waals surface area contributed by atoms with Crippen LogP contribution in [0.1, 0.15) is 46.1 Å². The van der Waals surface area contributed by atoms with Crippen molar-refractivity contribution in [2.45, 2.75) is 40.5 Å². The second-order valence-electron chi connectivity index (χ2n) is 4.22. The summed E-state index contributed by atoms with van der Waals surface area (Å²) in [7, 11) is 1.61. The fourth-order valence-electron chi connectivity index (χ4n) is 2.34. The summed E-state index contributed by atoms with van der Waals surface area (Å²) in [5.41, 5.74) is 2.63. The van der Waals surface area contributed by atoms with Crippen molar-refractivity contribution < 1.29 is 9.53 Å². The zero-order valence-corrected chi connectivity index (χ0v) is 15.1. The summed E-state index contributed by atoms with van der Waals surface area (Å²) < 4.78 is 5.35. The lowest BCUT2D eigenvalue weighted by Gasteiger charge is -2.13. The Morgan fingerprint density at radius 2 is 1.78 bits per heavy atom. The Bertz CT molecular complexity index is 571. The molecule has 1 N–H and O–H groups in total. The van der Waals surface area contributed by atoms with Gasteiger partial charge in [-0.1, -0.05) is 70.7 Å². The van der Waals surface area contributed by atoms with E-state index in [1.165, 1.54) is 0 Å². The van der Waals surface area contributed by atoms with E-state index in [0.717, 1.165) is 22.6 Å². The van der Waals surface area contributed by atoms with Gasteiger partial charge in [0.2, 0.25) is 5.91 Å². The van der Waals surface area contributed by atoms with Crippen molar-refractivity contribution in [2.75, 3.05) is 7.11 Å². The fraction of sp³-hybridized carbons (Fsp3) is 0.350. The normalized spacial score (nSPS) is 19.2. The molecule has 1 atom stereocenters. The molecule has 1 saturated heterocycles. The van der Waals surface area contributed by atoms with Crippen molar-refractivity contribution in [1.82, 2.24) is 5.32 Å². The molecule has 1 unspecified atom stereocenters. The minimum absolute atomic E-state index is 0.0364. The van der Waals surface area contributed by atoms with Gasteiger partial charge >= 0.3 is 0 Å². The van der Waals surface area contributed by atoms with Crippen molar-refractivity contribution in [3.05, 3.63) is 65.9 Å². The zero-order chi connectivity index (χ0) is 17.8. The second-order valence-corrected chi connectivity index (χ2v) is 4.22. The van der Waals surface area contributed by atoms with E-state index in [4.69, 9.17) is 4.74 Å². The van der Waals surface area contributed by atoms with Gasteiger partial charge in [-0.3, -0.25) is 4.79 Å². The third-order valence-corrected chi connectivity index (χ3v) is 3.18. The highest BCUT2D eigenvalue weighted by atomic mass is 16.5. The lowest BCUT2D eigenvalue weighted by atomic mass is 9.91. The molecule has 3 heteroatoms. The maximum Gasteiger partial charge on any atom is 0.236 e. The van der Waals surface area contributed by atoms with E-state index in [1.54, 1.807) is 13.2 Å². The van der Waals surface area contributed by atoms with Gasteiger partial charge in [0.05, 0.1) is 13.0 Å². The van der Waals surface area contributed by atoms with Gasteiger partial charge in [-0.05, 0) is 18.6 Å². The molecule has 126 valence electrons. The van der Waals surface area contributed by atoms with Crippen LogP contribution in [-0.4, -0.2) is 13.0 Å². The van der Waals surface area contributed by atoms with Gasteiger partial charge in [0.15, 0.2) is 0 Å². The van der Waals surface area contributed by atoms with Crippen LogP contribution in [0.15, 0.2) is 60.3 Å². The Hall–Kier alpha value is -2.29. The summed E-state index contributed by atoms with van der Waals surface area (Å²) in [6.07, 6.45) is 5.45. The molecule has 0 saturated carbocycles. The van der Waals surface area contributed by atoms with Crippen LogP contribution in [0.5, 0.6) is 5.75 Å². The van der Waals surface area contributed by atoms with E-state index in [-0.39, 0.29) is 11.8 Å². The molecule has 1 aliphatic heterocycles. The number of hydrogen-bond acceptors (Lipinski definition) is 2. The number of nitrogens with one attached hydrogen (secondary N) is 1. The third kappa shape index (κ3) is 4.85. The van der Waals surface area contributed by atoms with Gasteiger partial charge in [-0.15, -0.1) is 0 Å². The number of ether oxygens (including phenoxy) is 1. The molecule has 0 aliphatic carbocycles. The van der Waals surface area contributed by atoms with E-state index >= 15 is 0 Å². The number of benzene rings is 1. The third-order valence-electron chi connectivity index (χ3n) is 3.18. The van der Waals surface area contributed by atoms with Crippen LogP contribution in [0.2, 0.25) is 0 Å². The lowest BCUT2D eigenvalue weighted by molar-refractivity contribution is -0.119. The van der Waals surface area contributed by atoms with Gasteiger partial charge in [0.25, 0.3) is 0 Å². The topological polar surface area (TPSA) is 38.3 Å². The summed E-state index contributed by atoms with van der Waals surface area (Å²) in [6.45, 7) is 13.6. The molecule has 23 heavy (non-hydrogen) atoms. The number of allylic oxidation sites excluding steroid dienone is 4. The van der Waals surface area contributed by atoms with E-state index in [2.05, 4.69) is 11.9 Å². The minimum atomic E-state index is -0.347. The summed E-state index contributed by atoms with van der Waals surface area (Å²) in [4.78, 5) is 12.2. The summed E-state index contributed by atoms with van der Waals surface area (Å²) in [6, 6.07) is 7.58. The van der Waals surface area contributed by atoms with E-state index in [1.807, 2.05) is 71.0 Å². The fourth-order valence-corrected chi connectivity index (χ4v) is 2.34. The van der Waals surface area contributed by atoms with E-state index in [0.29, 0.717) is 0 Å². The summed E-state index contributed by atoms with van der Waals surface area (Å²) in [5, 5.41) is 2.89. The zero-order valence-electron chi connectivity index (χ0n) is 15.1. The molecule has 1 aliphatic rings. The van der Waals surface area contributed by atoms with Crippen LogP contribution in [-0.2, 0) is 4.79 Å². The molecule has 1 amide bonds. The van der Waals surface area contributed by atoms with Gasteiger partial charge in [-0.2, -0.15) is 0 Å². The maximum atomic E-state index is 12.2. The first-order valence-electron chi connectivity index (χ1n) is 8.16. The lowest BCUT2D eigenvalue weighted by Crippen LogP contribution is -2.17. The van der Waals surface area contributed by atoms with Crippen LogP contribution < -0.4 is 10.1 Å². The highest BCUT2D eigenvalue weighted by Crippen LogP contribution is 2.38. The van der Waals surface area contributed by atoms with Crippen LogP contribution in [0.3, 0.4) is 0 Å². The van der Waals surface area contributed by atoms with Crippen molar-refractivity contribution in [2.24, 2.45) is 0 Å². The predicted octanol–water partition coefficient (Wildman–Crippen LogP) is 4.98. The van der Waals surface area contributed by atoms with Crippen LogP contribution in [0.25, 0.3) is 0 Å². The average molecular weight is 315 g/mol. The smallest absolute Gasteiger partial charge is 0.236 e. The Labute approximate surface area is 140 Å². The van der Waals surface area contributed by atoms with Gasteiger partial charge < -0.3 is 10.1 Å². The Kier molecular flexibility index (Phi) is 10.2. The largest absolute Gasteiger partial charge is 0.496 e. The first-order valence-corrected chi connectivity index (χ1v) is 8.16. The Morgan fingerprint density at radius 1 is 1.17 bits per heavy atom. The Morgan fingerprint density at radius 3 is 2.30 bits per heavy atom. The van der Waals surface area contributed by atoms with Crippen molar-refractivity contribution >= 4 is 5.91 Å². The highest BCUT2D eigenvalue weighted by Gasteiger charge is 2.35. The number of carbonyl (C=O) groups excluding carboxylic acids is 1. The second kappa shape index (κ2) is 11.3. The monoisotopic (exact) mass is 315 g/mol. The maximum absolute atomic E-state index is 12.2. The van der Waals surface area contributed by atoms with E-state index in [9.17, 15) is 4.79 Å². The summed E-state index contributed by atoms with van der Waals surface area (Å²) in [5.74, 6) is 0.334. The highest BCUT2D eigenvalue weighted by molar-refractivity contribution is 5.95. The average Bonchev–Trinajstić information content (AvgIpc) is 2.94. The Balaban J connectivity index is 0.00000112. The number of carbonyl (C=O) groups is 1. The van der Waals surface area contributed by atoms with Gasteiger partial charge in [0, 0.05) is 11.3 Å². The number of hydrogen-bond donors (Lipinski definition) is 1. The molecule has 1 aromatic carbocycles. The molecule has 0 spiro atoms. The number of para-hydroxylation sites is 1. The molecule has 1 fully saturated rings. The molecular formula is C20H29NO2. The van der Waals surface area contributed by atoms with Crippen molar-refractivity contribution in [1.29, 1.82) is 0 Å². The standard InChI is InChI=1S/C16H17NO2.2C2H6/c1-4-8-11-13(5-2)17-16(18)15(11)12-9-6-7-10-14(12)19-3;2*1-2/h4-10,15H,1H2,2-3H3,(H,17,18);2*1-2H3/b11-8+,13-5+;;. The molecule has 0 aromatic heterocycles. The number of methoxy groups -OCH3 is 1. The molecule has 0 bridgehead atoms. The molecule has 1 aromatic rings. The van der Waals surface area contributed by atoms with Crippen LogP contribution in [0.4, 0.5) is 0 Å². The molecular weight excluding hydrogens is 286 g/mol. The molecule has 1 heterocycles. The van der Waals surface area contributed by atoms with Crippen molar-refractivity contribution in [3.8, 4) is 5.75 Å². The van der Waals surface area contributed by atoms with Crippen molar-refractivity contribution in [3.63, 3.8) is 0 Å². The van der Waals surface area contributed by atoms with E-state index < -0.39 is 0 Å². The van der Waals surface area contributed by atoms with Crippen LogP contribution >= 0.6 is 0 Å². The molecule has 0 radical (unpaired) electrons. The first kappa shape index (κ1) is 20.7. The van der Waals surface area contributed by atoms with Gasteiger partial charge in [-0.25, -0.2) is 0 Å². The summed E-state index contributed by atoms with van der Waals surface area (Å²) >= 11 is 0. The first-order chi connectivity index (χ1) is 11.2. The molecule has 3 nitrogen and oxygen atoms in total. The minimum Gasteiger partial charge on any atom is -0.496 e. The SMILES string of the molecule is C=C/C=C1\C(=C/C)NC(=O)C1c1ccccc1OC.CC.CC. The predicted molar refractivity (Wildman–Crippen MR) is 98.6 cm³/mol. The quantitative estimate of drug-likeness (QED) is 0.854.